The number of hydrogen-bond acceptors (Lipinski definition) is 5. The number of nitrogens with one attached hydrogen (secondary N) is 1. The molecule has 1 unspecified atom stereocenters. The van der Waals surface area contributed by atoms with E-state index in [-0.39, 0.29) is 21.3 Å². The smallest absolute Gasteiger partial charge is 0.360 e. The molecule has 1 amide bonds. The Kier molecular flexibility index (Phi) is 5.67. The lowest BCUT2D eigenvalue weighted by Crippen LogP contribution is -2.31. The monoisotopic (exact) mass is 419 g/mol. The Bertz CT molecular complexity index is 1140. The summed E-state index contributed by atoms with van der Waals surface area (Å²) in [5, 5.41) is 7.68. The van der Waals surface area contributed by atoms with Crippen molar-refractivity contribution in [1.82, 2.24) is 9.78 Å². The van der Waals surface area contributed by atoms with Crippen LogP contribution >= 0.6 is 23.2 Å². The number of hydrogen-bond donors (Lipinski definition) is 1. The molecule has 1 N–H and O–H groups in total. The summed E-state index contributed by atoms with van der Waals surface area (Å²) in [7, 11) is 1.43. The summed E-state index contributed by atoms with van der Waals surface area (Å²) in [5.41, 5.74) is -0.0978. The maximum absolute atomic E-state index is 12.6. The predicted octanol–water partition coefficient (Wildman–Crippen LogP) is 3.42. The minimum Gasteiger partial charge on any atom is -0.448 e. The molecule has 0 radical (unpaired) electrons. The number of esters is 1. The van der Waals surface area contributed by atoms with Gasteiger partial charge in [0.2, 0.25) is 0 Å². The van der Waals surface area contributed by atoms with Crippen molar-refractivity contribution < 1.29 is 14.3 Å². The third-order valence-electron chi connectivity index (χ3n) is 4.01. The summed E-state index contributed by atoms with van der Waals surface area (Å²) in [6, 6.07) is 11.3. The van der Waals surface area contributed by atoms with E-state index in [0.717, 1.165) is 4.68 Å². The molecule has 3 rings (SSSR count). The maximum atomic E-state index is 12.6. The number of fused-ring (bicyclic) bond motifs is 1. The molecule has 0 saturated heterocycles. The fraction of sp³-hybridized carbons (Fsp3) is 0.158. The van der Waals surface area contributed by atoms with Crippen LogP contribution in [0.2, 0.25) is 10.0 Å². The third kappa shape index (κ3) is 3.85. The molecular weight excluding hydrogens is 405 g/mol. The average molecular weight is 420 g/mol. The number of anilines is 1. The number of rotatable bonds is 4. The van der Waals surface area contributed by atoms with Crippen molar-refractivity contribution in [2.75, 3.05) is 5.32 Å². The van der Waals surface area contributed by atoms with Gasteiger partial charge in [0.1, 0.15) is 0 Å². The second-order valence-corrected chi connectivity index (χ2v) is 6.75. The van der Waals surface area contributed by atoms with E-state index in [0.29, 0.717) is 16.5 Å². The Labute approximate surface area is 169 Å². The summed E-state index contributed by atoms with van der Waals surface area (Å²) in [6.45, 7) is 1.41. The fourth-order valence-electron chi connectivity index (χ4n) is 2.56. The van der Waals surface area contributed by atoms with Crippen LogP contribution in [0.5, 0.6) is 0 Å². The molecule has 1 atom stereocenters. The first kappa shape index (κ1) is 19.9. The quantitative estimate of drug-likeness (QED) is 0.654. The number of benzene rings is 2. The first-order valence-corrected chi connectivity index (χ1v) is 8.97. The molecule has 0 aliphatic rings. The Hall–Kier alpha value is -2.90. The molecule has 1 aromatic heterocycles. The number of aromatic nitrogens is 2. The first-order valence-electron chi connectivity index (χ1n) is 8.21. The van der Waals surface area contributed by atoms with Crippen LogP contribution in [0.4, 0.5) is 5.69 Å². The van der Waals surface area contributed by atoms with Gasteiger partial charge in [0.25, 0.3) is 11.5 Å². The molecule has 0 aliphatic heterocycles. The second kappa shape index (κ2) is 8.00. The van der Waals surface area contributed by atoms with Crippen LogP contribution in [0.3, 0.4) is 0 Å². The Morgan fingerprint density at radius 3 is 2.50 bits per heavy atom. The van der Waals surface area contributed by atoms with Crippen LogP contribution in [0, 0.1) is 0 Å². The van der Waals surface area contributed by atoms with Gasteiger partial charge in [0, 0.05) is 12.4 Å². The van der Waals surface area contributed by atoms with Gasteiger partial charge < -0.3 is 10.1 Å². The van der Waals surface area contributed by atoms with E-state index in [1.807, 2.05) is 0 Å². The minimum absolute atomic E-state index is 0.0573. The van der Waals surface area contributed by atoms with Crippen LogP contribution in [0.1, 0.15) is 17.4 Å². The summed E-state index contributed by atoms with van der Waals surface area (Å²) in [5.74, 6) is -1.42. The van der Waals surface area contributed by atoms with E-state index in [2.05, 4.69) is 10.4 Å². The molecule has 0 spiro atoms. The molecule has 9 heteroatoms. The number of carbonyl (C=O) groups is 2. The molecule has 0 saturated carbocycles. The summed E-state index contributed by atoms with van der Waals surface area (Å²) >= 11 is 12.0. The van der Waals surface area contributed by atoms with E-state index in [1.165, 1.54) is 14.0 Å². The van der Waals surface area contributed by atoms with Gasteiger partial charge >= 0.3 is 5.97 Å². The van der Waals surface area contributed by atoms with E-state index < -0.39 is 18.0 Å². The van der Waals surface area contributed by atoms with Gasteiger partial charge in [-0.1, -0.05) is 47.5 Å². The number of ether oxygens (including phenoxy) is 1. The van der Waals surface area contributed by atoms with Gasteiger partial charge in [-0.3, -0.25) is 9.59 Å². The van der Waals surface area contributed by atoms with Crippen LogP contribution in [-0.4, -0.2) is 27.8 Å². The highest BCUT2D eigenvalue weighted by Gasteiger charge is 2.23. The van der Waals surface area contributed by atoms with Crippen molar-refractivity contribution in [2.24, 2.45) is 7.05 Å². The zero-order chi connectivity index (χ0) is 20.4. The zero-order valence-corrected chi connectivity index (χ0v) is 16.4. The first-order chi connectivity index (χ1) is 13.3. The third-order valence-corrected chi connectivity index (χ3v) is 4.83. The van der Waals surface area contributed by atoms with E-state index in [9.17, 15) is 14.4 Å². The van der Waals surface area contributed by atoms with Crippen molar-refractivity contribution in [3.63, 3.8) is 0 Å². The van der Waals surface area contributed by atoms with E-state index in [1.54, 1.807) is 42.5 Å². The SMILES string of the molecule is CC(OC(=O)c1nn(C)c(=O)c2ccccc12)C(=O)Nc1cccc(Cl)c1Cl. The molecular formula is C19H15Cl2N3O4. The van der Waals surface area contributed by atoms with E-state index in [4.69, 9.17) is 27.9 Å². The molecule has 28 heavy (non-hydrogen) atoms. The summed E-state index contributed by atoms with van der Waals surface area (Å²) in [6.07, 6.45) is -1.14. The molecule has 0 aliphatic carbocycles. The standard InChI is InChI=1S/C19H15Cl2N3O4/c1-10(17(25)22-14-9-5-8-13(20)15(14)21)28-19(27)16-11-6-3-4-7-12(11)18(26)24(2)23-16/h3-10H,1-2H3,(H,22,25). The van der Waals surface area contributed by atoms with Gasteiger partial charge in [0.15, 0.2) is 11.8 Å². The lowest BCUT2D eigenvalue weighted by atomic mass is 10.1. The molecule has 144 valence electrons. The molecule has 2 aromatic carbocycles. The zero-order valence-electron chi connectivity index (χ0n) is 14.9. The number of halogens is 2. The number of carbonyl (C=O) groups excluding carboxylic acids is 2. The average Bonchev–Trinajstić information content (AvgIpc) is 2.68. The normalized spacial score (nSPS) is 11.9. The molecule has 7 nitrogen and oxygen atoms in total. The molecule has 1 heterocycles. The fourth-order valence-corrected chi connectivity index (χ4v) is 2.90. The minimum atomic E-state index is -1.14. The van der Waals surface area contributed by atoms with Crippen LogP contribution in [-0.2, 0) is 16.6 Å². The van der Waals surface area contributed by atoms with Crippen molar-refractivity contribution >= 4 is 51.5 Å². The topological polar surface area (TPSA) is 90.3 Å². The highest BCUT2D eigenvalue weighted by molar-refractivity contribution is 6.44. The van der Waals surface area contributed by atoms with Gasteiger partial charge in [-0.2, -0.15) is 5.10 Å². The molecule has 0 fully saturated rings. The lowest BCUT2D eigenvalue weighted by molar-refractivity contribution is -0.123. The maximum Gasteiger partial charge on any atom is 0.360 e. The van der Waals surface area contributed by atoms with Crippen LogP contribution in [0.15, 0.2) is 47.3 Å². The number of aryl methyl sites for hydroxylation is 1. The predicted molar refractivity (Wildman–Crippen MR) is 107 cm³/mol. The molecule has 3 aromatic rings. The van der Waals surface area contributed by atoms with Gasteiger partial charge in [-0.15, -0.1) is 0 Å². The van der Waals surface area contributed by atoms with Crippen LogP contribution < -0.4 is 10.9 Å². The van der Waals surface area contributed by atoms with Gasteiger partial charge in [0.05, 0.1) is 21.1 Å². The summed E-state index contributed by atoms with van der Waals surface area (Å²) < 4.78 is 6.29. The van der Waals surface area contributed by atoms with Crippen molar-refractivity contribution in [3.8, 4) is 0 Å². The Morgan fingerprint density at radius 1 is 1.11 bits per heavy atom. The van der Waals surface area contributed by atoms with Crippen molar-refractivity contribution in [1.29, 1.82) is 0 Å². The lowest BCUT2D eigenvalue weighted by Gasteiger charge is -2.15. The molecule has 0 bridgehead atoms. The Morgan fingerprint density at radius 2 is 1.79 bits per heavy atom. The van der Waals surface area contributed by atoms with Crippen molar-refractivity contribution in [3.05, 3.63) is 68.6 Å². The number of amides is 1. The van der Waals surface area contributed by atoms with Crippen molar-refractivity contribution in [2.45, 2.75) is 13.0 Å². The summed E-state index contributed by atoms with van der Waals surface area (Å²) in [4.78, 5) is 37.1. The van der Waals surface area contributed by atoms with Gasteiger partial charge in [-0.25, -0.2) is 9.48 Å². The number of nitrogens with zero attached hydrogens (tertiary/aromatic N) is 2. The highest BCUT2D eigenvalue weighted by Crippen LogP contribution is 2.29. The Balaban J connectivity index is 1.82. The highest BCUT2D eigenvalue weighted by atomic mass is 35.5. The largest absolute Gasteiger partial charge is 0.448 e. The van der Waals surface area contributed by atoms with Gasteiger partial charge in [-0.05, 0) is 25.1 Å². The van der Waals surface area contributed by atoms with E-state index >= 15 is 0 Å². The second-order valence-electron chi connectivity index (χ2n) is 5.96. The van der Waals surface area contributed by atoms with Crippen LogP contribution in [0.25, 0.3) is 10.8 Å².